The second kappa shape index (κ2) is 5.13. The highest BCUT2D eigenvalue weighted by molar-refractivity contribution is 9.09. The van der Waals surface area contributed by atoms with Crippen LogP contribution in [0.4, 0.5) is 0 Å². The van der Waals surface area contributed by atoms with Gasteiger partial charge in [-0.1, -0.05) is 40.2 Å². The van der Waals surface area contributed by atoms with Crippen LogP contribution in [0.25, 0.3) is 0 Å². The van der Waals surface area contributed by atoms with Crippen molar-refractivity contribution < 1.29 is 4.74 Å². The predicted octanol–water partition coefficient (Wildman–Crippen LogP) is 4.25. The third kappa shape index (κ3) is 3.96. The van der Waals surface area contributed by atoms with Crippen molar-refractivity contribution in [2.24, 2.45) is 0 Å². The molecule has 0 saturated carbocycles. The van der Waals surface area contributed by atoms with Crippen LogP contribution in [0.3, 0.4) is 0 Å². The molecule has 0 aliphatic carbocycles. The number of hydrogen-bond acceptors (Lipinski definition) is 1. The molecule has 0 aliphatic rings. The Morgan fingerprint density at radius 3 is 2.33 bits per heavy atom. The van der Waals surface area contributed by atoms with Crippen LogP contribution in [-0.2, 0) is 4.74 Å². The summed E-state index contributed by atoms with van der Waals surface area (Å²) in [4.78, 5) is 0. The normalized spacial score (nSPS) is 13.9. The van der Waals surface area contributed by atoms with Gasteiger partial charge in [0, 0.05) is 5.33 Å². The molecule has 2 heteroatoms. The lowest BCUT2D eigenvalue weighted by atomic mass is 10.0. The molecule has 0 fully saturated rings. The summed E-state index contributed by atoms with van der Waals surface area (Å²) in [6.45, 7) is 8.37. The topological polar surface area (TPSA) is 9.23 Å². The van der Waals surface area contributed by atoms with Crippen molar-refractivity contribution in [1.29, 1.82) is 0 Å². The molecule has 1 nitrogen and oxygen atoms in total. The first-order valence-corrected chi connectivity index (χ1v) is 6.35. The zero-order chi connectivity index (χ0) is 11.5. The molecule has 15 heavy (non-hydrogen) atoms. The minimum absolute atomic E-state index is 0.110. The minimum Gasteiger partial charge on any atom is -0.367 e. The first-order valence-electron chi connectivity index (χ1n) is 5.23. The summed E-state index contributed by atoms with van der Waals surface area (Å²) in [6, 6.07) is 8.37. The SMILES string of the molecule is Cc1ccccc1C(CBr)OC(C)(C)C. The van der Waals surface area contributed by atoms with Gasteiger partial charge in [0.25, 0.3) is 0 Å². The smallest absolute Gasteiger partial charge is 0.0931 e. The van der Waals surface area contributed by atoms with E-state index in [1.165, 1.54) is 11.1 Å². The lowest BCUT2D eigenvalue weighted by Gasteiger charge is -2.27. The van der Waals surface area contributed by atoms with Gasteiger partial charge >= 0.3 is 0 Å². The Hall–Kier alpha value is -0.340. The Bertz CT molecular complexity index is 315. The van der Waals surface area contributed by atoms with Crippen LogP contribution >= 0.6 is 15.9 Å². The molecule has 1 aromatic rings. The van der Waals surface area contributed by atoms with E-state index >= 15 is 0 Å². The maximum Gasteiger partial charge on any atom is 0.0931 e. The van der Waals surface area contributed by atoms with Crippen LogP contribution in [0.1, 0.15) is 38.0 Å². The molecular formula is C13H19BrO. The van der Waals surface area contributed by atoms with E-state index in [2.05, 4.69) is 67.9 Å². The van der Waals surface area contributed by atoms with Crippen LogP contribution in [0.5, 0.6) is 0 Å². The number of alkyl halides is 1. The van der Waals surface area contributed by atoms with Crippen molar-refractivity contribution >= 4 is 15.9 Å². The lowest BCUT2D eigenvalue weighted by molar-refractivity contribution is -0.0503. The summed E-state index contributed by atoms with van der Waals surface area (Å²) < 4.78 is 6.01. The van der Waals surface area contributed by atoms with E-state index in [0.29, 0.717) is 0 Å². The fourth-order valence-electron chi connectivity index (χ4n) is 1.55. The fraction of sp³-hybridized carbons (Fsp3) is 0.538. The molecule has 0 bridgehead atoms. The fourth-order valence-corrected chi connectivity index (χ4v) is 2.03. The molecule has 0 aromatic heterocycles. The standard InChI is InChI=1S/C13H19BrO/c1-10-7-5-6-8-11(10)12(9-14)15-13(2,3)4/h5-8,12H,9H2,1-4H3. The van der Waals surface area contributed by atoms with Gasteiger partial charge < -0.3 is 4.74 Å². The molecule has 0 spiro atoms. The molecule has 0 radical (unpaired) electrons. The van der Waals surface area contributed by atoms with Gasteiger partial charge in [-0.25, -0.2) is 0 Å². The van der Waals surface area contributed by atoms with E-state index in [1.807, 2.05) is 0 Å². The molecule has 1 atom stereocenters. The Morgan fingerprint density at radius 2 is 1.87 bits per heavy atom. The lowest BCUT2D eigenvalue weighted by Crippen LogP contribution is -2.23. The molecule has 1 unspecified atom stereocenters. The Morgan fingerprint density at radius 1 is 1.27 bits per heavy atom. The number of halogens is 1. The van der Waals surface area contributed by atoms with Crippen molar-refractivity contribution in [3.8, 4) is 0 Å². The van der Waals surface area contributed by atoms with Gasteiger partial charge in [0.15, 0.2) is 0 Å². The maximum atomic E-state index is 6.01. The second-order valence-corrected chi connectivity index (χ2v) is 5.38. The number of hydrogen-bond donors (Lipinski definition) is 0. The Kier molecular flexibility index (Phi) is 4.35. The zero-order valence-electron chi connectivity index (χ0n) is 9.88. The quantitative estimate of drug-likeness (QED) is 0.747. The van der Waals surface area contributed by atoms with Crippen LogP contribution in [0.15, 0.2) is 24.3 Å². The maximum absolute atomic E-state index is 6.01. The van der Waals surface area contributed by atoms with Crippen LogP contribution in [0.2, 0.25) is 0 Å². The van der Waals surface area contributed by atoms with Crippen molar-refractivity contribution in [3.63, 3.8) is 0 Å². The van der Waals surface area contributed by atoms with Crippen LogP contribution < -0.4 is 0 Å². The second-order valence-electron chi connectivity index (χ2n) is 4.73. The van der Waals surface area contributed by atoms with Gasteiger partial charge in [0.1, 0.15) is 0 Å². The van der Waals surface area contributed by atoms with Gasteiger partial charge in [0.05, 0.1) is 11.7 Å². The van der Waals surface area contributed by atoms with Crippen molar-refractivity contribution in [2.45, 2.75) is 39.4 Å². The number of benzene rings is 1. The number of ether oxygens (including phenoxy) is 1. The Labute approximate surface area is 101 Å². The van der Waals surface area contributed by atoms with Gasteiger partial charge in [0.2, 0.25) is 0 Å². The molecule has 0 N–H and O–H groups in total. The van der Waals surface area contributed by atoms with Gasteiger partial charge in [-0.3, -0.25) is 0 Å². The van der Waals surface area contributed by atoms with Crippen molar-refractivity contribution in [2.75, 3.05) is 5.33 Å². The van der Waals surface area contributed by atoms with E-state index in [-0.39, 0.29) is 11.7 Å². The molecule has 1 aromatic carbocycles. The van der Waals surface area contributed by atoms with E-state index in [1.54, 1.807) is 0 Å². The predicted molar refractivity (Wildman–Crippen MR) is 68.6 cm³/mol. The number of rotatable bonds is 3. The molecule has 0 saturated heterocycles. The first kappa shape index (κ1) is 12.7. The van der Waals surface area contributed by atoms with E-state index in [0.717, 1.165) is 5.33 Å². The highest BCUT2D eigenvalue weighted by atomic mass is 79.9. The Balaban J connectivity index is 2.88. The van der Waals surface area contributed by atoms with Crippen molar-refractivity contribution in [1.82, 2.24) is 0 Å². The molecule has 0 amide bonds. The summed E-state index contributed by atoms with van der Waals surface area (Å²) in [7, 11) is 0. The monoisotopic (exact) mass is 270 g/mol. The minimum atomic E-state index is -0.110. The third-order valence-corrected chi connectivity index (χ3v) is 2.76. The highest BCUT2D eigenvalue weighted by Gasteiger charge is 2.20. The highest BCUT2D eigenvalue weighted by Crippen LogP contribution is 2.27. The summed E-state index contributed by atoms with van der Waals surface area (Å²) in [6.07, 6.45) is 0.131. The summed E-state index contributed by atoms with van der Waals surface area (Å²) in [5.41, 5.74) is 2.44. The zero-order valence-corrected chi connectivity index (χ0v) is 11.5. The van der Waals surface area contributed by atoms with Gasteiger partial charge in [-0.2, -0.15) is 0 Å². The average molecular weight is 271 g/mol. The van der Waals surface area contributed by atoms with E-state index < -0.39 is 0 Å². The average Bonchev–Trinajstić information content (AvgIpc) is 2.14. The van der Waals surface area contributed by atoms with Gasteiger partial charge in [-0.05, 0) is 38.8 Å². The summed E-state index contributed by atoms with van der Waals surface area (Å²) in [5.74, 6) is 0. The summed E-state index contributed by atoms with van der Waals surface area (Å²) in [5, 5.41) is 0.828. The molecule has 84 valence electrons. The third-order valence-electron chi connectivity index (χ3n) is 2.17. The molecule has 0 aliphatic heterocycles. The van der Waals surface area contributed by atoms with E-state index in [4.69, 9.17) is 4.74 Å². The molecule has 0 heterocycles. The largest absolute Gasteiger partial charge is 0.367 e. The van der Waals surface area contributed by atoms with Crippen LogP contribution in [-0.4, -0.2) is 10.9 Å². The van der Waals surface area contributed by atoms with E-state index in [9.17, 15) is 0 Å². The molecule has 1 rings (SSSR count). The first-order chi connectivity index (χ1) is 6.94. The van der Waals surface area contributed by atoms with Crippen molar-refractivity contribution in [3.05, 3.63) is 35.4 Å². The summed E-state index contributed by atoms with van der Waals surface area (Å²) >= 11 is 3.51. The van der Waals surface area contributed by atoms with Gasteiger partial charge in [-0.15, -0.1) is 0 Å². The van der Waals surface area contributed by atoms with Crippen LogP contribution in [0, 0.1) is 6.92 Å². The number of aryl methyl sites for hydroxylation is 1. The molecular weight excluding hydrogens is 252 g/mol.